The first kappa shape index (κ1) is 13.6. The maximum Gasteiger partial charge on any atom is 0.335 e. The summed E-state index contributed by atoms with van der Waals surface area (Å²) in [6.07, 6.45) is 3.70. The lowest BCUT2D eigenvalue weighted by Gasteiger charge is -2.09. The largest absolute Gasteiger partial charge is 0.490 e. The van der Waals surface area contributed by atoms with E-state index in [0.29, 0.717) is 18.9 Å². The van der Waals surface area contributed by atoms with Crippen molar-refractivity contribution in [1.82, 2.24) is 9.78 Å². The molecule has 0 radical (unpaired) electrons. The second kappa shape index (κ2) is 5.88. The number of hydrogen-bond donors (Lipinski definition) is 1. The number of carbonyl (C=O) groups is 1. The lowest BCUT2D eigenvalue weighted by Crippen LogP contribution is -2.09. The van der Waals surface area contributed by atoms with Gasteiger partial charge in [0.2, 0.25) is 0 Å². The highest BCUT2D eigenvalue weighted by molar-refractivity contribution is 9.10. The van der Waals surface area contributed by atoms with E-state index in [-0.39, 0.29) is 5.56 Å². The number of hydrogen-bond acceptors (Lipinski definition) is 3. The van der Waals surface area contributed by atoms with Crippen LogP contribution in [0.15, 0.2) is 35.1 Å². The molecule has 0 fully saturated rings. The van der Waals surface area contributed by atoms with E-state index in [1.54, 1.807) is 16.9 Å². The number of ether oxygens (including phenoxy) is 1. The van der Waals surface area contributed by atoms with Crippen LogP contribution >= 0.6 is 15.9 Å². The van der Waals surface area contributed by atoms with Gasteiger partial charge in [-0.25, -0.2) is 4.79 Å². The third-order valence-electron chi connectivity index (χ3n) is 2.52. The Bertz CT molecular complexity index is 595. The van der Waals surface area contributed by atoms with Gasteiger partial charge in [-0.05, 0) is 46.6 Å². The topological polar surface area (TPSA) is 64.4 Å². The van der Waals surface area contributed by atoms with Gasteiger partial charge in [0.25, 0.3) is 0 Å². The molecule has 0 unspecified atom stereocenters. The molecule has 0 aliphatic rings. The Hall–Kier alpha value is -1.82. The lowest BCUT2D eigenvalue weighted by molar-refractivity contribution is 0.0696. The van der Waals surface area contributed by atoms with Gasteiger partial charge < -0.3 is 9.84 Å². The van der Waals surface area contributed by atoms with Crippen LogP contribution in [0, 0.1) is 6.92 Å². The molecule has 100 valence electrons. The Morgan fingerprint density at radius 3 is 2.95 bits per heavy atom. The van der Waals surface area contributed by atoms with E-state index in [2.05, 4.69) is 21.0 Å². The van der Waals surface area contributed by atoms with Gasteiger partial charge >= 0.3 is 5.97 Å². The van der Waals surface area contributed by atoms with Gasteiger partial charge in [-0.3, -0.25) is 4.68 Å². The Kier molecular flexibility index (Phi) is 4.21. The van der Waals surface area contributed by atoms with Crippen LogP contribution in [0.2, 0.25) is 0 Å². The summed E-state index contributed by atoms with van der Waals surface area (Å²) in [4.78, 5) is 10.9. The van der Waals surface area contributed by atoms with Crippen molar-refractivity contribution in [1.29, 1.82) is 0 Å². The molecule has 0 saturated carbocycles. The van der Waals surface area contributed by atoms with Crippen LogP contribution in [0.4, 0.5) is 0 Å². The van der Waals surface area contributed by atoms with E-state index in [1.807, 2.05) is 13.1 Å². The fourth-order valence-electron chi connectivity index (χ4n) is 1.59. The Balaban J connectivity index is 1.99. The molecule has 0 aliphatic carbocycles. The zero-order valence-electron chi connectivity index (χ0n) is 10.3. The van der Waals surface area contributed by atoms with Crippen molar-refractivity contribution in [2.75, 3.05) is 6.61 Å². The maximum absolute atomic E-state index is 10.9. The van der Waals surface area contributed by atoms with Crippen molar-refractivity contribution in [3.8, 4) is 5.75 Å². The van der Waals surface area contributed by atoms with E-state index in [4.69, 9.17) is 9.84 Å². The number of nitrogens with zero attached hydrogens (tertiary/aromatic N) is 2. The maximum atomic E-state index is 10.9. The highest BCUT2D eigenvalue weighted by Gasteiger charge is 2.08. The van der Waals surface area contributed by atoms with Gasteiger partial charge in [-0.15, -0.1) is 0 Å². The molecule has 1 aromatic carbocycles. The number of aromatic carboxylic acids is 1. The standard InChI is InChI=1S/C13H13BrN2O3/c1-9-7-15-16(8-9)4-5-19-12-6-10(13(17)18)2-3-11(12)14/h2-3,6-8H,4-5H2,1H3,(H,17,18). The number of halogens is 1. The molecule has 0 amide bonds. The van der Waals surface area contributed by atoms with Gasteiger partial charge in [0.05, 0.1) is 22.8 Å². The Morgan fingerprint density at radius 1 is 1.53 bits per heavy atom. The molecule has 2 rings (SSSR count). The Labute approximate surface area is 118 Å². The molecule has 0 bridgehead atoms. The quantitative estimate of drug-likeness (QED) is 0.918. The van der Waals surface area contributed by atoms with Crippen LogP contribution in [-0.4, -0.2) is 27.5 Å². The summed E-state index contributed by atoms with van der Waals surface area (Å²) in [7, 11) is 0. The van der Waals surface area contributed by atoms with Crippen LogP contribution in [0.5, 0.6) is 5.75 Å². The van der Waals surface area contributed by atoms with Crippen molar-refractivity contribution in [3.05, 3.63) is 46.2 Å². The number of benzene rings is 1. The van der Waals surface area contributed by atoms with Gasteiger partial charge in [0.1, 0.15) is 12.4 Å². The lowest BCUT2D eigenvalue weighted by atomic mass is 10.2. The van der Waals surface area contributed by atoms with Crippen molar-refractivity contribution in [2.24, 2.45) is 0 Å². The smallest absolute Gasteiger partial charge is 0.335 e. The summed E-state index contributed by atoms with van der Waals surface area (Å²) in [6, 6.07) is 4.69. The fourth-order valence-corrected chi connectivity index (χ4v) is 1.95. The van der Waals surface area contributed by atoms with Crippen LogP contribution < -0.4 is 4.74 Å². The van der Waals surface area contributed by atoms with Crippen LogP contribution in [-0.2, 0) is 6.54 Å². The highest BCUT2D eigenvalue weighted by Crippen LogP contribution is 2.26. The first-order chi connectivity index (χ1) is 9.06. The summed E-state index contributed by atoms with van der Waals surface area (Å²) < 4.78 is 8.08. The molecule has 19 heavy (non-hydrogen) atoms. The normalized spacial score (nSPS) is 10.4. The molecular weight excluding hydrogens is 312 g/mol. The molecule has 5 nitrogen and oxygen atoms in total. The molecular formula is C13H13BrN2O3. The number of carboxylic acid groups (broad SMARTS) is 1. The van der Waals surface area contributed by atoms with Crippen molar-refractivity contribution >= 4 is 21.9 Å². The van der Waals surface area contributed by atoms with E-state index in [1.165, 1.54) is 12.1 Å². The molecule has 6 heteroatoms. The number of carboxylic acids is 1. The summed E-state index contributed by atoms with van der Waals surface area (Å²) in [5, 5.41) is 13.1. The molecule has 0 atom stereocenters. The molecule has 1 N–H and O–H groups in total. The second-order valence-electron chi connectivity index (χ2n) is 4.08. The summed E-state index contributed by atoms with van der Waals surface area (Å²) in [5.74, 6) is -0.455. The predicted octanol–water partition coefficient (Wildman–Crippen LogP) is 2.73. The summed E-state index contributed by atoms with van der Waals surface area (Å²) in [5.41, 5.74) is 1.29. The third kappa shape index (κ3) is 3.57. The fraction of sp³-hybridized carbons (Fsp3) is 0.231. The molecule has 0 saturated heterocycles. The molecule has 0 spiro atoms. The molecule has 1 heterocycles. The Morgan fingerprint density at radius 2 is 2.32 bits per heavy atom. The van der Waals surface area contributed by atoms with Crippen molar-refractivity contribution < 1.29 is 14.6 Å². The average Bonchev–Trinajstić information content (AvgIpc) is 2.77. The van der Waals surface area contributed by atoms with Crippen LogP contribution in [0.3, 0.4) is 0 Å². The zero-order chi connectivity index (χ0) is 13.8. The highest BCUT2D eigenvalue weighted by atomic mass is 79.9. The summed E-state index contributed by atoms with van der Waals surface area (Å²) >= 11 is 3.33. The van der Waals surface area contributed by atoms with Crippen LogP contribution in [0.1, 0.15) is 15.9 Å². The second-order valence-corrected chi connectivity index (χ2v) is 4.93. The first-order valence-electron chi connectivity index (χ1n) is 5.71. The molecule has 1 aromatic heterocycles. The van der Waals surface area contributed by atoms with E-state index in [0.717, 1.165) is 10.0 Å². The van der Waals surface area contributed by atoms with Crippen LogP contribution in [0.25, 0.3) is 0 Å². The summed E-state index contributed by atoms with van der Waals surface area (Å²) in [6.45, 7) is 3.00. The average molecular weight is 325 g/mol. The van der Waals surface area contributed by atoms with Gasteiger partial charge in [0, 0.05) is 6.20 Å². The number of aryl methyl sites for hydroxylation is 1. The minimum atomic E-state index is -0.972. The third-order valence-corrected chi connectivity index (χ3v) is 3.17. The predicted molar refractivity (Wildman–Crippen MR) is 73.6 cm³/mol. The zero-order valence-corrected chi connectivity index (χ0v) is 11.9. The first-order valence-corrected chi connectivity index (χ1v) is 6.50. The van der Waals surface area contributed by atoms with Gasteiger partial charge in [0.15, 0.2) is 0 Å². The number of aromatic nitrogens is 2. The van der Waals surface area contributed by atoms with E-state index < -0.39 is 5.97 Å². The van der Waals surface area contributed by atoms with Gasteiger partial charge in [-0.2, -0.15) is 5.10 Å². The minimum Gasteiger partial charge on any atom is -0.490 e. The molecule has 2 aromatic rings. The van der Waals surface area contributed by atoms with E-state index >= 15 is 0 Å². The van der Waals surface area contributed by atoms with Gasteiger partial charge in [-0.1, -0.05) is 0 Å². The SMILES string of the molecule is Cc1cnn(CCOc2cc(C(=O)O)ccc2Br)c1. The van der Waals surface area contributed by atoms with Crippen molar-refractivity contribution in [2.45, 2.75) is 13.5 Å². The van der Waals surface area contributed by atoms with E-state index in [9.17, 15) is 4.79 Å². The number of rotatable bonds is 5. The minimum absolute atomic E-state index is 0.202. The monoisotopic (exact) mass is 324 g/mol. The van der Waals surface area contributed by atoms with Crippen molar-refractivity contribution in [3.63, 3.8) is 0 Å². The molecule has 0 aliphatic heterocycles.